The molecule has 0 aliphatic heterocycles. The zero-order valence-electron chi connectivity index (χ0n) is 7.26. The fourth-order valence-electron chi connectivity index (χ4n) is 0. The van der Waals surface area contributed by atoms with Gasteiger partial charge in [-0.05, 0) is 6.92 Å². The Morgan fingerprint density at radius 3 is 1.58 bits per heavy atom. The molecule has 0 heterocycles. The summed E-state index contributed by atoms with van der Waals surface area (Å²) in [5, 5.41) is 14.9. The third kappa shape index (κ3) is 813. The van der Waals surface area contributed by atoms with E-state index in [1.54, 1.807) is 13.0 Å². The van der Waals surface area contributed by atoms with Crippen molar-refractivity contribution in [3.8, 4) is 6.07 Å². The summed E-state index contributed by atoms with van der Waals surface area (Å²) in [6, 6.07) is 1.75. The smallest absolute Gasteiger partial charge is 0.756 e. The van der Waals surface area contributed by atoms with Crippen molar-refractivity contribution in [3.63, 3.8) is 0 Å². The first-order valence-corrected chi connectivity index (χ1v) is 4.04. The fourth-order valence-corrected chi connectivity index (χ4v) is 0. The normalized spacial score (nSPS) is 7.08. The van der Waals surface area contributed by atoms with Gasteiger partial charge in [0.2, 0.25) is 0 Å². The van der Waals surface area contributed by atoms with E-state index in [1.165, 1.54) is 6.92 Å². The Bertz CT molecular complexity index is 133. The van der Waals surface area contributed by atoms with Crippen LogP contribution in [0, 0.1) is 11.3 Å². The fraction of sp³-hybridized carbons (Fsp3) is 0.750. The van der Waals surface area contributed by atoms with Crippen LogP contribution in [-0.2, 0) is 4.57 Å². The number of phosphoric acid groups is 1. The van der Waals surface area contributed by atoms with Crippen molar-refractivity contribution in [2.24, 2.45) is 0 Å². The molecule has 0 fully saturated rings. The second kappa shape index (κ2) is 18.1. The molecule has 0 saturated carbocycles. The quantitative estimate of drug-likeness (QED) is 0.284. The second-order valence-corrected chi connectivity index (χ2v) is 2.01. The molecule has 0 bridgehead atoms. The molecular formula is C4H11KNO5P. The van der Waals surface area contributed by atoms with Gasteiger partial charge >= 0.3 is 51.4 Å². The Hall–Kier alpha value is 1.20. The molecule has 8 heteroatoms. The van der Waals surface area contributed by atoms with Crippen LogP contribution in [0.3, 0.4) is 0 Å². The average Bonchev–Trinajstić information content (AvgIpc) is 1.62. The maximum Gasteiger partial charge on any atom is 1.00 e. The van der Waals surface area contributed by atoms with E-state index in [0.717, 1.165) is 0 Å². The van der Waals surface area contributed by atoms with E-state index in [9.17, 15) is 0 Å². The first kappa shape index (κ1) is 23.2. The summed E-state index contributed by atoms with van der Waals surface area (Å²) < 4.78 is 8.77. The molecule has 0 aromatic carbocycles. The summed E-state index contributed by atoms with van der Waals surface area (Å²) in [5.41, 5.74) is 0. The number of aliphatic hydroxyl groups is 1. The predicted molar refractivity (Wildman–Crippen MR) is 36.1 cm³/mol. The molecule has 0 aliphatic carbocycles. The molecule has 0 aliphatic rings. The monoisotopic (exact) mass is 223 g/mol. The van der Waals surface area contributed by atoms with Crippen LogP contribution < -0.4 is 56.3 Å². The Morgan fingerprint density at radius 1 is 1.58 bits per heavy atom. The van der Waals surface area contributed by atoms with E-state index in [4.69, 9.17) is 29.6 Å². The number of hydrogen-bond donors (Lipinski definition) is 3. The Morgan fingerprint density at radius 2 is 1.58 bits per heavy atom. The van der Waals surface area contributed by atoms with Crippen LogP contribution in [0.5, 0.6) is 0 Å². The number of rotatable bonds is 0. The third-order valence-corrected chi connectivity index (χ3v) is 0. The van der Waals surface area contributed by atoms with Gasteiger partial charge in [0.25, 0.3) is 7.82 Å². The zero-order valence-corrected chi connectivity index (χ0v) is 11.3. The summed E-state index contributed by atoms with van der Waals surface area (Å²) in [4.78, 5) is 22.9. The maximum absolute atomic E-state index is 8.77. The van der Waals surface area contributed by atoms with E-state index in [1.807, 2.05) is 0 Å². The average molecular weight is 223 g/mol. The molecule has 0 aromatic rings. The maximum atomic E-state index is 8.77. The van der Waals surface area contributed by atoms with Gasteiger partial charge < -0.3 is 19.8 Å². The first-order valence-electron chi connectivity index (χ1n) is 2.51. The topological polar surface area (TPSA) is 125 Å². The van der Waals surface area contributed by atoms with Gasteiger partial charge in [-0.3, -0.25) is 4.57 Å². The van der Waals surface area contributed by atoms with Gasteiger partial charge in [-0.25, -0.2) is 0 Å². The SMILES string of the molecule is CC#N.CCO.O=P([O-])(O)O.[K+]. The first-order chi connectivity index (χ1) is 4.83. The molecule has 0 rings (SSSR count). The minimum atomic E-state index is -4.89. The van der Waals surface area contributed by atoms with Gasteiger partial charge in [-0.15, -0.1) is 0 Å². The zero-order chi connectivity index (χ0) is 9.91. The Labute approximate surface area is 114 Å². The largest absolute Gasteiger partial charge is 1.00 e. The van der Waals surface area contributed by atoms with E-state index in [2.05, 4.69) is 0 Å². The third-order valence-electron chi connectivity index (χ3n) is 0. The number of nitriles is 1. The summed E-state index contributed by atoms with van der Waals surface area (Å²) in [5.74, 6) is 0. The van der Waals surface area contributed by atoms with Crippen molar-refractivity contribution in [2.75, 3.05) is 6.61 Å². The molecule has 6 nitrogen and oxygen atoms in total. The predicted octanol–water partition coefficient (Wildman–Crippen LogP) is -4.03. The van der Waals surface area contributed by atoms with E-state index < -0.39 is 7.82 Å². The van der Waals surface area contributed by atoms with E-state index >= 15 is 0 Å². The summed E-state index contributed by atoms with van der Waals surface area (Å²) in [6.07, 6.45) is 0. The number of aliphatic hydroxyl groups excluding tert-OH is 1. The van der Waals surface area contributed by atoms with Crippen LogP contribution in [0.1, 0.15) is 13.8 Å². The van der Waals surface area contributed by atoms with Crippen molar-refractivity contribution < 1.29 is 75.7 Å². The van der Waals surface area contributed by atoms with Crippen LogP contribution in [0.4, 0.5) is 0 Å². The molecule has 3 N–H and O–H groups in total. The van der Waals surface area contributed by atoms with Crippen LogP contribution in [0.2, 0.25) is 0 Å². The summed E-state index contributed by atoms with van der Waals surface area (Å²) in [6.45, 7) is 3.36. The number of nitrogens with zero attached hydrogens (tertiary/aromatic N) is 1. The van der Waals surface area contributed by atoms with E-state index in [0.29, 0.717) is 0 Å². The second-order valence-electron chi connectivity index (χ2n) is 1.03. The molecule has 0 saturated heterocycles. The van der Waals surface area contributed by atoms with Crippen molar-refractivity contribution in [3.05, 3.63) is 0 Å². The Balaban J connectivity index is -0.0000000406. The van der Waals surface area contributed by atoms with Crippen molar-refractivity contribution in [1.82, 2.24) is 0 Å². The molecule has 68 valence electrons. The molecule has 0 spiro atoms. The number of hydrogen-bond acceptors (Lipinski definition) is 4. The van der Waals surface area contributed by atoms with Crippen LogP contribution >= 0.6 is 7.82 Å². The standard InChI is InChI=1S/C2H3N.C2H6O.K.H3O4P/c2*1-2-3;;1-5(2,3)4/h1H3;3H,2H2,1H3;;(H3,1,2,3,4)/q;;+1;/p-1. The van der Waals surface area contributed by atoms with Gasteiger partial charge in [-0.2, -0.15) is 5.26 Å². The van der Waals surface area contributed by atoms with E-state index in [-0.39, 0.29) is 58.0 Å². The summed E-state index contributed by atoms with van der Waals surface area (Å²) >= 11 is 0. The molecule has 0 amide bonds. The molecular weight excluding hydrogens is 212 g/mol. The molecule has 0 atom stereocenters. The van der Waals surface area contributed by atoms with Crippen molar-refractivity contribution in [2.45, 2.75) is 13.8 Å². The van der Waals surface area contributed by atoms with Crippen LogP contribution in [-0.4, -0.2) is 21.5 Å². The minimum Gasteiger partial charge on any atom is -0.756 e. The van der Waals surface area contributed by atoms with Crippen LogP contribution in [0.15, 0.2) is 0 Å². The van der Waals surface area contributed by atoms with Crippen molar-refractivity contribution >= 4 is 7.82 Å². The van der Waals surface area contributed by atoms with Gasteiger partial charge in [0.05, 0.1) is 6.07 Å². The summed E-state index contributed by atoms with van der Waals surface area (Å²) in [7, 11) is -4.89. The Kier molecular flexibility index (Phi) is 35.0. The molecule has 0 aromatic heterocycles. The van der Waals surface area contributed by atoms with Gasteiger partial charge in [0.1, 0.15) is 0 Å². The van der Waals surface area contributed by atoms with Gasteiger partial charge in [0, 0.05) is 13.5 Å². The van der Waals surface area contributed by atoms with Crippen molar-refractivity contribution in [1.29, 1.82) is 5.26 Å². The minimum absolute atomic E-state index is 0. The van der Waals surface area contributed by atoms with Gasteiger partial charge in [0.15, 0.2) is 0 Å². The van der Waals surface area contributed by atoms with Crippen LogP contribution in [0.25, 0.3) is 0 Å². The molecule has 0 unspecified atom stereocenters. The molecule has 12 heavy (non-hydrogen) atoms. The van der Waals surface area contributed by atoms with Gasteiger partial charge in [-0.1, -0.05) is 0 Å². The molecule has 0 radical (unpaired) electrons.